The maximum absolute atomic E-state index is 11.0. The molecular weight excluding hydrogens is 154 g/mol. The van der Waals surface area contributed by atoms with Gasteiger partial charge in [0, 0.05) is 13.7 Å². The van der Waals surface area contributed by atoms with Crippen molar-refractivity contribution in [2.24, 2.45) is 0 Å². The van der Waals surface area contributed by atoms with Crippen molar-refractivity contribution in [3.8, 4) is 0 Å². The monoisotopic (exact) mass is 171 g/mol. The van der Waals surface area contributed by atoms with E-state index >= 15 is 0 Å². The maximum atomic E-state index is 11.0. The van der Waals surface area contributed by atoms with Gasteiger partial charge in [0.1, 0.15) is 0 Å². The molecule has 0 fully saturated rings. The summed E-state index contributed by atoms with van der Waals surface area (Å²) in [6.45, 7) is 6.17. The molecule has 3 nitrogen and oxygen atoms in total. The highest BCUT2D eigenvalue weighted by Crippen LogP contribution is 2.04. The molecule has 70 valence electrons. The Morgan fingerprint density at radius 2 is 2.17 bits per heavy atom. The molecule has 0 spiro atoms. The Hall–Kier alpha value is -0.830. The van der Waals surface area contributed by atoms with Crippen molar-refractivity contribution in [3.63, 3.8) is 0 Å². The second-order valence-corrected chi connectivity index (χ2v) is 3.18. The van der Waals surface area contributed by atoms with Crippen LogP contribution in [-0.4, -0.2) is 25.2 Å². The van der Waals surface area contributed by atoms with Crippen LogP contribution in [-0.2, 0) is 9.53 Å². The van der Waals surface area contributed by atoms with Crippen LogP contribution in [0.25, 0.3) is 0 Å². The zero-order valence-electron chi connectivity index (χ0n) is 8.18. The largest absolute Gasteiger partial charge is 0.377 e. The number of carbonyl (C=O) groups excluding carboxylic acids is 1. The first-order chi connectivity index (χ1) is 5.52. The van der Waals surface area contributed by atoms with Gasteiger partial charge in [-0.05, 0) is 26.8 Å². The zero-order valence-corrected chi connectivity index (χ0v) is 8.18. The van der Waals surface area contributed by atoms with E-state index in [1.807, 2.05) is 13.8 Å². The molecule has 0 aromatic heterocycles. The van der Waals surface area contributed by atoms with Crippen molar-refractivity contribution < 1.29 is 9.53 Å². The average molecular weight is 171 g/mol. The van der Waals surface area contributed by atoms with E-state index in [4.69, 9.17) is 4.74 Å². The molecule has 0 bridgehead atoms. The van der Waals surface area contributed by atoms with Gasteiger partial charge in [0.15, 0.2) is 0 Å². The highest BCUT2D eigenvalue weighted by molar-refractivity contribution is 5.87. The Kier molecular flexibility index (Phi) is 4.59. The number of amides is 1. The average Bonchev–Trinajstić information content (AvgIpc) is 2.02. The molecule has 1 amide bonds. The fraction of sp³-hybridized carbons (Fsp3) is 0.667. The number of ether oxygens (including phenoxy) is 1. The van der Waals surface area contributed by atoms with Crippen molar-refractivity contribution in [3.05, 3.63) is 12.2 Å². The van der Waals surface area contributed by atoms with Gasteiger partial charge in [0.2, 0.25) is 5.91 Å². The predicted octanol–water partition coefficient (Wildman–Crippen LogP) is 1.10. The fourth-order valence-corrected chi connectivity index (χ4v) is 0.582. The van der Waals surface area contributed by atoms with Gasteiger partial charge in [0.25, 0.3) is 0 Å². The van der Waals surface area contributed by atoms with Crippen LogP contribution in [0.15, 0.2) is 12.2 Å². The summed E-state index contributed by atoms with van der Waals surface area (Å²) >= 11 is 0. The second-order valence-electron chi connectivity index (χ2n) is 3.18. The van der Waals surface area contributed by atoms with Gasteiger partial charge in [-0.1, -0.05) is 6.08 Å². The first-order valence-corrected chi connectivity index (χ1v) is 3.97. The van der Waals surface area contributed by atoms with E-state index in [1.165, 1.54) is 6.08 Å². The van der Waals surface area contributed by atoms with Gasteiger partial charge in [-0.3, -0.25) is 4.79 Å². The van der Waals surface area contributed by atoms with E-state index < -0.39 is 0 Å². The van der Waals surface area contributed by atoms with Crippen LogP contribution < -0.4 is 5.32 Å². The molecule has 0 unspecified atom stereocenters. The summed E-state index contributed by atoms with van der Waals surface area (Å²) in [6.07, 6.45) is 3.20. The summed E-state index contributed by atoms with van der Waals surface area (Å²) in [7, 11) is 1.63. The lowest BCUT2D eigenvalue weighted by atomic mass is 10.1. The number of carbonyl (C=O) groups is 1. The summed E-state index contributed by atoms with van der Waals surface area (Å²) in [4.78, 5) is 11.0. The first-order valence-electron chi connectivity index (χ1n) is 3.97. The second kappa shape index (κ2) is 4.93. The topological polar surface area (TPSA) is 38.3 Å². The molecule has 0 aliphatic rings. The Morgan fingerprint density at radius 1 is 1.58 bits per heavy atom. The molecule has 0 rings (SSSR count). The van der Waals surface area contributed by atoms with Crippen LogP contribution in [0.2, 0.25) is 0 Å². The minimum atomic E-state index is -0.294. The van der Waals surface area contributed by atoms with Crippen LogP contribution in [0.1, 0.15) is 20.8 Å². The van der Waals surface area contributed by atoms with E-state index in [1.54, 1.807) is 20.1 Å². The number of hydrogen-bond acceptors (Lipinski definition) is 2. The summed E-state index contributed by atoms with van der Waals surface area (Å²) in [5.41, 5.74) is -0.294. The maximum Gasteiger partial charge on any atom is 0.243 e. The van der Waals surface area contributed by atoms with E-state index in [0.717, 1.165) is 0 Å². The van der Waals surface area contributed by atoms with Gasteiger partial charge in [0.05, 0.1) is 5.60 Å². The molecule has 0 heterocycles. The van der Waals surface area contributed by atoms with Crippen LogP contribution in [0, 0.1) is 0 Å². The number of hydrogen-bond donors (Lipinski definition) is 1. The third-order valence-electron chi connectivity index (χ3n) is 1.56. The standard InChI is InChI=1S/C9H17NO2/c1-5-6-8(11)10-7-9(2,3)12-4/h5-6H,7H2,1-4H3,(H,10,11)/b6-5+. The van der Waals surface area contributed by atoms with Crippen LogP contribution in [0.5, 0.6) is 0 Å². The fourth-order valence-electron chi connectivity index (χ4n) is 0.582. The normalized spacial score (nSPS) is 12.0. The Morgan fingerprint density at radius 3 is 2.58 bits per heavy atom. The van der Waals surface area contributed by atoms with Crippen molar-refractivity contribution >= 4 is 5.91 Å². The molecular formula is C9H17NO2. The molecule has 0 saturated carbocycles. The summed E-state index contributed by atoms with van der Waals surface area (Å²) in [6, 6.07) is 0. The van der Waals surface area contributed by atoms with Gasteiger partial charge >= 0.3 is 0 Å². The Labute approximate surface area is 73.8 Å². The van der Waals surface area contributed by atoms with Gasteiger partial charge in [-0.25, -0.2) is 0 Å². The van der Waals surface area contributed by atoms with E-state index in [2.05, 4.69) is 5.32 Å². The quantitative estimate of drug-likeness (QED) is 0.643. The van der Waals surface area contributed by atoms with Crippen molar-refractivity contribution in [1.82, 2.24) is 5.32 Å². The Balaban J connectivity index is 3.75. The molecule has 0 aliphatic carbocycles. The lowest BCUT2D eigenvalue weighted by Gasteiger charge is -2.22. The summed E-state index contributed by atoms with van der Waals surface area (Å²) < 4.78 is 5.13. The van der Waals surface area contributed by atoms with Crippen LogP contribution in [0.4, 0.5) is 0 Å². The molecule has 0 radical (unpaired) electrons. The van der Waals surface area contributed by atoms with Gasteiger partial charge in [-0.2, -0.15) is 0 Å². The molecule has 12 heavy (non-hydrogen) atoms. The predicted molar refractivity (Wildman–Crippen MR) is 48.9 cm³/mol. The molecule has 0 aromatic rings. The minimum absolute atomic E-state index is 0.0809. The first kappa shape index (κ1) is 11.2. The number of rotatable bonds is 4. The zero-order chi connectivity index (χ0) is 9.61. The molecule has 3 heteroatoms. The summed E-state index contributed by atoms with van der Waals surface area (Å²) in [5, 5.41) is 2.72. The van der Waals surface area contributed by atoms with Crippen LogP contribution >= 0.6 is 0 Å². The smallest absolute Gasteiger partial charge is 0.243 e. The van der Waals surface area contributed by atoms with Crippen molar-refractivity contribution in [2.45, 2.75) is 26.4 Å². The number of methoxy groups -OCH3 is 1. The third kappa shape index (κ3) is 4.91. The molecule has 0 aliphatic heterocycles. The molecule has 0 aromatic carbocycles. The minimum Gasteiger partial charge on any atom is -0.377 e. The van der Waals surface area contributed by atoms with Crippen molar-refractivity contribution in [2.75, 3.05) is 13.7 Å². The number of nitrogens with one attached hydrogen (secondary N) is 1. The Bertz CT molecular complexity index is 173. The van der Waals surface area contributed by atoms with Gasteiger partial charge < -0.3 is 10.1 Å². The van der Waals surface area contributed by atoms with Gasteiger partial charge in [-0.15, -0.1) is 0 Å². The van der Waals surface area contributed by atoms with Crippen LogP contribution in [0.3, 0.4) is 0 Å². The number of allylic oxidation sites excluding steroid dienone is 1. The van der Waals surface area contributed by atoms with Crippen molar-refractivity contribution in [1.29, 1.82) is 0 Å². The van der Waals surface area contributed by atoms with E-state index in [-0.39, 0.29) is 11.5 Å². The third-order valence-corrected chi connectivity index (χ3v) is 1.56. The highest BCUT2D eigenvalue weighted by atomic mass is 16.5. The molecule has 0 saturated heterocycles. The SMILES string of the molecule is C/C=C/C(=O)NCC(C)(C)OC. The lowest BCUT2D eigenvalue weighted by molar-refractivity contribution is -0.117. The molecule has 1 N–H and O–H groups in total. The lowest BCUT2D eigenvalue weighted by Crippen LogP contribution is -2.39. The van der Waals surface area contributed by atoms with E-state index in [0.29, 0.717) is 6.54 Å². The summed E-state index contributed by atoms with van der Waals surface area (Å²) in [5.74, 6) is -0.0809. The molecule has 0 atom stereocenters. The highest BCUT2D eigenvalue weighted by Gasteiger charge is 2.16. The van der Waals surface area contributed by atoms with E-state index in [9.17, 15) is 4.79 Å².